The molecule has 3 aromatic rings. The Morgan fingerprint density at radius 1 is 1.07 bits per heavy atom. The molecular weight excluding hydrogens is 357 g/mol. The van der Waals surface area contributed by atoms with Crippen LogP contribution < -0.4 is 5.32 Å². The first-order chi connectivity index (χ1) is 13.6. The number of fused-ring (bicyclic) bond motifs is 1. The smallest absolute Gasteiger partial charge is 0.254 e. The van der Waals surface area contributed by atoms with E-state index in [1.165, 1.54) is 18.2 Å². The van der Waals surface area contributed by atoms with Crippen LogP contribution in [0.4, 0.5) is 4.39 Å². The molecule has 1 aromatic heterocycles. The molecule has 0 spiro atoms. The number of para-hydroxylation sites is 1. The second kappa shape index (κ2) is 7.84. The first-order valence-corrected chi connectivity index (χ1v) is 9.52. The van der Waals surface area contributed by atoms with Crippen LogP contribution >= 0.6 is 0 Å². The SMILES string of the molecule is O=C(N[C@H](Cc1c[nH]c2ccccc12)C(=O)N1CCCC1)c1ccccc1F. The first-order valence-electron chi connectivity index (χ1n) is 9.52. The number of nitrogens with zero attached hydrogens (tertiary/aromatic N) is 1. The van der Waals surface area contributed by atoms with E-state index in [1.807, 2.05) is 30.5 Å². The fourth-order valence-corrected chi connectivity index (χ4v) is 3.76. The van der Waals surface area contributed by atoms with Gasteiger partial charge in [-0.3, -0.25) is 9.59 Å². The van der Waals surface area contributed by atoms with E-state index in [0.29, 0.717) is 19.5 Å². The van der Waals surface area contributed by atoms with Crippen molar-refractivity contribution in [3.8, 4) is 0 Å². The Bertz CT molecular complexity index is 1010. The third-order valence-corrected chi connectivity index (χ3v) is 5.24. The monoisotopic (exact) mass is 379 g/mol. The number of hydrogen-bond donors (Lipinski definition) is 2. The summed E-state index contributed by atoms with van der Waals surface area (Å²) in [5.74, 6) is -1.29. The molecular formula is C22H22FN3O2. The van der Waals surface area contributed by atoms with Crippen molar-refractivity contribution >= 4 is 22.7 Å². The summed E-state index contributed by atoms with van der Waals surface area (Å²) in [6.07, 6.45) is 4.14. The van der Waals surface area contributed by atoms with Gasteiger partial charge in [0.25, 0.3) is 5.91 Å². The van der Waals surface area contributed by atoms with Crippen LogP contribution in [0.25, 0.3) is 10.9 Å². The lowest BCUT2D eigenvalue weighted by atomic mass is 10.0. The molecule has 1 aliphatic rings. The molecule has 0 unspecified atom stereocenters. The molecule has 4 rings (SSSR count). The molecule has 2 aromatic carbocycles. The standard InChI is InChI=1S/C22H22FN3O2/c23-18-9-3-1-8-17(18)21(27)25-20(22(28)26-11-5-6-12-26)13-15-14-24-19-10-4-2-7-16(15)19/h1-4,7-10,14,20,24H,5-6,11-13H2,(H,25,27)/t20-/m1/s1. The molecule has 28 heavy (non-hydrogen) atoms. The molecule has 1 aliphatic heterocycles. The normalized spacial score (nSPS) is 15.0. The molecule has 144 valence electrons. The van der Waals surface area contributed by atoms with Gasteiger partial charge < -0.3 is 15.2 Å². The van der Waals surface area contributed by atoms with Crippen molar-refractivity contribution in [2.75, 3.05) is 13.1 Å². The van der Waals surface area contributed by atoms with Gasteiger partial charge in [0.2, 0.25) is 5.91 Å². The minimum absolute atomic E-state index is 0.0550. The Morgan fingerprint density at radius 2 is 1.79 bits per heavy atom. The number of likely N-dealkylation sites (tertiary alicyclic amines) is 1. The summed E-state index contributed by atoms with van der Waals surface area (Å²) in [7, 11) is 0. The molecule has 6 heteroatoms. The van der Waals surface area contributed by atoms with Crippen molar-refractivity contribution in [1.82, 2.24) is 15.2 Å². The summed E-state index contributed by atoms with van der Waals surface area (Å²) in [6, 6.07) is 12.9. The Morgan fingerprint density at radius 3 is 2.57 bits per heavy atom. The van der Waals surface area contributed by atoms with E-state index in [-0.39, 0.29) is 11.5 Å². The largest absolute Gasteiger partial charge is 0.361 e. The number of aromatic nitrogens is 1. The van der Waals surface area contributed by atoms with E-state index in [9.17, 15) is 14.0 Å². The summed E-state index contributed by atoms with van der Waals surface area (Å²) >= 11 is 0. The van der Waals surface area contributed by atoms with Crippen LogP contribution in [0.5, 0.6) is 0 Å². The number of carbonyl (C=O) groups excluding carboxylic acids is 2. The van der Waals surface area contributed by atoms with Gasteiger partial charge in [0.05, 0.1) is 5.56 Å². The number of halogens is 1. The number of aromatic amines is 1. The van der Waals surface area contributed by atoms with Crippen LogP contribution in [0.1, 0.15) is 28.8 Å². The van der Waals surface area contributed by atoms with Gasteiger partial charge >= 0.3 is 0 Å². The summed E-state index contributed by atoms with van der Waals surface area (Å²) in [5.41, 5.74) is 1.87. The number of H-pyrrole nitrogens is 1. The van der Waals surface area contributed by atoms with Gasteiger partial charge in [-0.1, -0.05) is 30.3 Å². The van der Waals surface area contributed by atoms with Crippen molar-refractivity contribution < 1.29 is 14.0 Å². The summed E-state index contributed by atoms with van der Waals surface area (Å²) in [4.78, 5) is 30.7. The molecule has 0 bridgehead atoms. The minimum Gasteiger partial charge on any atom is -0.361 e. The molecule has 0 saturated carbocycles. The van der Waals surface area contributed by atoms with Gasteiger partial charge in [0.15, 0.2) is 0 Å². The first kappa shape index (κ1) is 18.2. The average molecular weight is 379 g/mol. The zero-order valence-electron chi connectivity index (χ0n) is 15.5. The molecule has 1 fully saturated rings. The zero-order chi connectivity index (χ0) is 19.5. The zero-order valence-corrected chi connectivity index (χ0v) is 15.5. The maximum absolute atomic E-state index is 14.0. The van der Waals surface area contributed by atoms with Crippen LogP contribution in [0.3, 0.4) is 0 Å². The molecule has 1 atom stereocenters. The molecule has 1 saturated heterocycles. The molecule has 2 heterocycles. The van der Waals surface area contributed by atoms with Gasteiger partial charge in [0, 0.05) is 36.6 Å². The number of carbonyl (C=O) groups is 2. The lowest BCUT2D eigenvalue weighted by Crippen LogP contribution is -2.49. The highest BCUT2D eigenvalue weighted by Crippen LogP contribution is 2.21. The van der Waals surface area contributed by atoms with Crippen molar-refractivity contribution in [2.24, 2.45) is 0 Å². The van der Waals surface area contributed by atoms with E-state index in [1.54, 1.807) is 11.0 Å². The maximum Gasteiger partial charge on any atom is 0.254 e. The number of amides is 2. The molecule has 0 radical (unpaired) electrons. The number of hydrogen-bond acceptors (Lipinski definition) is 2. The predicted octanol–water partition coefficient (Wildman–Crippen LogP) is 3.27. The Balaban J connectivity index is 1.61. The van der Waals surface area contributed by atoms with Crippen molar-refractivity contribution in [1.29, 1.82) is 0 Å². The molecule has 0 aliphatic carbocycles. The quantitative estimate of drug-likeness (QED) is 0.715. The van der Waals surface area contributed by atoms with Crippen molar-refractivity contribution in [3.05, 3.63) is 71.7 Å². The second-order valence-corrected chi connectivity index (χ2v) is 7.10. The van der Waals surface area contributed by atoms with Crippen LogP contribution in [0.2, 0.25) is 0 Å². The number of benzene rings is 2. The molecule has 5 nitrogen and oxygen atoms in total. The number of nitrogens with one attached hydrogen (secondary N) is 2. The van der Waals surface area contributed by atoms with Crippen LogP contribution in [-0.4, -0.2) is 40.8 Å². The predicted molar refractivity (Wildman–Crippen MR) is 105 cm³/mol. The van der Waals surface area contributed by atoms with E-state index < -0.39 is 17.8 Å². The van der Waals surface area contributed by atoms with Crippen LogP contribution in [-0.2, 0) is 11.2 Å². The Labute approximate surface area is 162 Å². The van der Waals surface area contributed by atoms with E-state index in [2.05, 4.69) is 10.3 Å². The Kier molecular flexibility index (Phi) is 5.10. The van der Waals surface area contributed by atoms with Crippen molar-refractivity contribution in [3.63, 3.8) is 0 Å². The van der Waals surface area contributed by atoms with Crippen LogP contribution in [0.15, 0.2) is 54.7 Å². The second-order valence-electron chi connectivity index (χ2n) is 7.10. The van der Waals surface area contributed by atoms with Crippen molar-refractivity contribution in [2.45, 2.75) is 25.3 Å². The van der Waals surface area contributed by atoms with Gasteiger partial charge in [-0.15, -0.1) is 0 Å². The third kappa shape index (κ3) is 3.63. The van der Waals surface area contributed by atoms with E-state index in [4.69, 9.17) is 0 Å². The third-order valence-electron chi connectivity index (χ3n) is 5.24. The summed E-state index contributed by atoms with van der Waals surface area (Å²) in [5, 5.41) is 3.79. The fourth-order valence-electron chi connectivity index (χ4n) is 3.76. The highest BCUT2D eigenvalue weighted by molar-refractivity contribution is 5.98. The molecule has 2 amide bonds. The maximum atomic E-state index is 14.0. The van der Waals surface area contributed by atoms with Gasteiger partial charge in [-0.2, -0.15) is 0 Å². The topological polar surface area (TPSA) is 65.2 Å². The highest BCUT2D eigenvalue weighted by Gasteiger charge is 2.29. The van der Waals surface area contributed by atoms with Gasteiger partial charge in [-0.05, 0) is 36.6 Å². The highest BCUT2D eigenvalue weighted by atomic mass is 19.1. The van der Waals surface area contributed by atoms with Crippen LogP contribution in [0, 0.1) is 5.82 Å². The van der Waals surface area contributed by atoms with E-state index >= 15 is 0 Å². The van der Waals surface area contributed by atoms with Gasteiger partial charge in [0.1, 0.15) is 11.9 Å². The fraction of sp³-hybridized carbons (Fsp3) is 0.273. The minimum atomic E-state index is -0.746. The summed E-state index contributed by atoms with van der Waals surface area (Å²) < 4.78 is 14.0. The Hall–Kier alpha value is -3.15. The van der Waals surface area contributed by atoms with Gasteiger partial charge in [-0.25, -0.2) is 4.39 Å². The lowest BCUT2D eigenvalue weighted by Gasteiger charge is -2.24. The lowest BCUT2D eigenvalue weighted by molar-refractivity contribution is -0.132. The molecule has 2 N–H and O–H groups in total. The number of rotatable bonds is 5. The average Bonchev–Trinajstić information content (AvgIpc) is 3.38. The van der Waals surface area contributed by atoms with E-state index in [0.717, 1.165) is 29.3 Å². The summed E-state index contributed by atoms with van der Waals surface area (Å²) in [6.45, 7) is 1.39.